The second-order valence-corrected chi connectivity index (χ2v) is 4.83. The van der Waals surface area contributed by atoms with E-state index >= 15 is 0 Å². The fourth-order valence-corrected chi connectivity index (χ4v) is 2.31. The lowest BCUT2D eigenvalue weighted by molar-refractivity contribution is 0.120. The van der Waals surface area contributed by atoms with Crippen LogP contribution in [-0.2, 0) is 4.74 Å². The van der Waals surface area contributed by atoms with Gasteiger partial charge in [-0.05, 0) is 45.3 Å². The van der Waals surface area contributed by atoms with Gasteiger partial charge in [0.25, 0.3) is 0 Å². The average molecular weight is 228 g/mol. The number of nitrogens with one attached hydrogen (secondary N) is 1. The van der Waals surface area contributed by atoms with Crippen molar-refractivity contribution in [3.8, 4) is 0 Å². The van der Waals surface area contributed by atoms with E-state index < -0.39 is 0 Å². The molecule has 0 aromatic heterocycles. The molecule has 0 radical (unpaired) electrons. The molecular weight excluding hydrogens is 200 g/mol. The van der Waals surface area contributed by atoms with E-state index in [1.54, 1.807) is 0 Å². The van der Waals surface area contributed by atoms with Crippen molar-refractivity contribution in [1.29, 1.82) is 0 Å². The molecule has 0 saturated carbocycles. The van der Waals surface area contributed by atoms with Crippen LogP contribution in [0.4, 0.5) is 0 Å². The summed E-state index contributed by atoms with van der Waals surface area (Å²) in [6.07, 6.45) is 4.99. The van der Waals surface area contributed by atoms with Crippen LogP contribution in [0.15, 0.2) is 0 Å². The van der Waals surface area contributed by atoms with E-state index in [4.69, 9.17) is 4.74 Å². The van der Waals surface area contributed by atoms with Gasteiger partial charge < -0.3 is 15.0 Å². The monoisotopic (exact) mass is 228 g/mol. The molecule has 0 aromatic rings. The van der Waals surface area contributed by atoms with Crippen LogP contribution >= 0.6 is 0 Å². The summed E-state index contributed by atoms with van der Waals surface area (Å²) in [6.45, 7) is 9.02. The van der Waals surface area contributed by atoms with Crippen LogP contribution in [0.1, 0.15) is 32.6 Å². The maximum absolute atomic E-state index is 5.57. The number of rotatable bonds is 9. The highest BCUT2D eigenvalue weighted by Gasteiger charge is 2.20. The Morgan fingerprint density at radius 1 is 1.31 bits per heavy atom. The van der Waals surface area contributed by atoms with Crippen molar-refractivity contribution in [2.75, 3.05) is 46.4 Å². The van der Waals surface area contributed by atoms with Crippen molar-refractivity contribution >= 4 is 0 Å². The molecular formula is C13H28N2O. The van der Waals surface area contributed by atoms with Gasteiger partial charge in [0.2, 0.25) is 0 Å². The first-order valence-corrected chi connectivity index (χ1v) is 6.81. The van der Waals surface area contributed by atoms with E-state index in [2.05, 4.69) is 17.1 Å². The first-order valence-electron chi connectivity index (χ1n) is 6.81. The Kier molecular flexibility index (Phi) is 7.81. The zero-order valence-corrected chi connectivity index (χ0v) is 11.0. The Hall–Kier alpha value is -0.120. The summed E-state index contributed by atoms with van der Waals surface area (Å²) in [5.41, 5.74) is 0. The molecule has 3 heteroatoms. The van der Waals surface area contributed by atoms with Gasteiger partial charge in [-0.2, -0.15) is 0 Å². The number of hydrogen-bond donors (Lipinski definition) is 1. The Morgan fingerprint density at radius 3 is 2.88 bits per heavy atom. The van der Waals surface area contributed by atoms with Crippen molar-refractivity contribution in [3.63, 3.8) is 0 Å². The third-order valence-corrected chi connectivity index (χ3v) is 3.27. The Bertz CT molecular complexity index is 164. The predicted molar refractivity (Wildman–Crippen MR) is 68.8 cm³/mol. The fourth-order valence-electron chi connectivity index (χ4n) is 2.31. The van der Waals surface area contributed by atoms with Gasteiger partial charge >= 0.3 is 0 Å². The van der Waals surface area contributed by atoms with E-state index in [0.29, 0.717) is 0 Å². The lowest BCUT2D eigenvalue weighted by atomic mass is 10.1. The maximum atomic E-state index is 5.57. The number of hydrogen-bond acceptors (Lipinski definition) is 3. The zero-order valence-electron chi connectivity index (χ0n) is 11.0. The second-order valence-electron chi connectivity index (χ2n) is 4.83. The van der Waals surface area contributed by atoms with E-state index in [0.717, 1.165) is 19.1 Å². The summed E-state index contributed by atoms with van der Waals surface area (Å²) < 4.78 is 5.57. The highest BCUT2D eigenvalue weighted by Crippen LogP contribution is 2.15. The number of ether oxygens (including phenoxy) is 1. The molecule has 0 bridgehead atoms. The van der Waals surface area contributed by atoms with Gasteiger partial charge in [-0.1, -0.05) is 13.3 Å². The molecule has 1 fully saturated rings. The van der Waals surface area contributed by atoms with Crippen LogP contribution in [0.2, 0.25) is 0 Å². The molecule has 3 nitrogen and oxygen atoms in total. The lowest BCUT2D eigenvalue weighted by Gasteiger charge is -2.15. The molecule has 1 heterocycles. The third-order valence-electron chi connectivity index (χ3n) is 3.27. The summed E-state index contributed by atoms with van der Waals surface area (Å²) in [5.74, 6) is 0.867. The van der Waals surface area contributed by atoms with Gasteiger partial charge in [0, 0.05) is 26.3 Å². The second kappa shape index (κ2) is 8.97. The van der Waals surface area contributed by atoms with Crippen LogP contribution in [0.25, 0.3) is 0 Å². The zero-order chi connectivity index (χ0) is 11.6. The molecule has 1 aliphatic heterocycles. The summed E-state index contributed by atoms with van der Waals surface area (Å²) in [6, 6.07) is 0. The van der Waals surface area contributed by atoms with Crippen LogP contribution in [-0.4, -0.2) is 51.3 Å². The molecule has 0 spiro atoms. The van der Waals surface area contributed by atoms with Crippen LogP contribution in [0.3, 0.4) is 0 Å². The molecule has 1 unspecified atom stereocenters. The van der Waals surface area contributed by atoms with Gasteiger partial charge in [0.05, 0.1) is 0 Å². The van der Waals surface area contributed by atoms with Crippen LogP contribution < -0.4 is 5.32 Å². The molecule has 96 valence electrons. The SMILES string of the molecule is CCCCOCCCN1CCC(CNC)C1. The largest absolute Gasteiger partial charge is 0.381 e. The lowest BCUT2D eigenvalue weighted by Crippen LogP contribution is -2.26. The van der Waals surface area contributed by atoms with Crippen LogP contribution in [0.5, 0.6) is 0 Å². The van der Waals surface area contributed by atoms with E-state index in [1.807, 2.05) is 7.05 Å². The van der Waals surface area contributed by atoms with E-state index in [1.165, 1.54) is 51.9 Å². The first kappa shape index (κ1) is 13.9. The van der Waals surface area contributed by atoms with Crippen molar-refractivity contribution < 1.29 is 4.74 Å². The first-order chi connectivity index (χ1) is 7.86. The molecule has 0 aliphatic carbocycles. The molecule has 1 saturated heterocycles. The molecule has 0 amide bonds. The molecule has 16 heavy (non-hydrogen) atoms. The minimum absolute atomic E-state index is 0.867. The molecule has 0 aromatic carbocycles. The Morgan fingerprint density at radius 2 is 2.12 bits per heavy atom. The fraction of sp³-hybridized carbons (Fsp3) is 1.00. The average Bonchev–Trinajstić information content (AvgIpc) is 2.72. The summed E-state index contributed by atoms with van der Waals surface area (Å²) in [4.78, 5) is 2.57. The minimum Gasteiger partial charge on any atom is -0.381 e. The maximum Gasteiger partial charge on any atom is 0.0478 e. The normalized spacial score (nSPS) is 21.8. The highest BCUT2D eigenvalue weighted by molar-refractivity contribution is 4.76. The summed E-state index contributed by atoms with van der Waals surface area (Å²) >= 11 is 0. The van der Waals surface area contributed by atoms with E-state index in [9.17, 15) is 0 Å². The van der Waals surface area contributed by atoms with Gasteiger partial charge in [0.1, 0.15) is 0 Å². The van der Waals surface area contributed by atoms with Crippen LogP contribution in [0, 0.1) is 5.92 Å². The number of unbranched alkanes of at least 4 members (excludes halogenated alkanes) is 1. The molecule has 1 rings (SSSR count). The van der Waals surface area contributed by atoms with Crippen molar-refractivity contribution in [2.24, 2.45) is 5.92 Å². The number of nitrogens with zero attached hydrogens (tertiary/aromatic N) is 1. The third kappa shape index (κ3) is 5.83. The topological polar surface area (TPSA) is 24.5 Å². The Balaban J connectivity index is 1.90. The van der Waals surface area contributed by atoms with Gasteiger partial charge in [-0.3, -0.25) is 0 Å². The highest BCUT2D eigenvalue weighted by atomic mass is 16.5. The molecule has 1 N–H and O–H groups in total. The van der Waals surface area contributed by atoms with Gasteiger partial charge in [-0.25, -0.2) is 0 Å². The van der Waals surface area contributed by atoms with E-state index in [-0.39, 0.29) is 0 Å². The van der Waals surface area contributed by atoms with Gasteiger partial charge in [-0.15, -0.1) is 0 Å². The molecule has 1 aliphatic rings. The standard InChI is InChI=1S/C13H28N2O/c1-3-4-9-16-10-5-7-15-8-6-13(12-15)11-14-2/h13-14H,3-12H2,1-2H3. The smallest absolute Gasteiger partial charge is 0.0478 e. The summed E-state index contributed by atoms with van der Waals surface area (Å²) in [7, 11) is 2.05. The van der Waals surface area contributed by atoms with Gasteiger partial charge in [0.15, 0.2) is 0 Å². The van der Waals surface area contributed by atoms with Crippen molar-refractivity contribution in [1.82, 2.24) is 10.2 Å². The molecule has 1 atom stereocenters. The van der Waals surface area contributed by atoms with Crippen molar-refractivity contribution in [3.05, 3.63) is 0 Å². The summed E-state index contributed by atoms with van der Waals surface area (Å²) in [5, 5.41) is 3.27. The number of likely N-dealkylation sites (tertiary alicyclic amines) is 1. The van der Waals surface area contributed by atoms with Crippen molar-refractivity contribution in [2.45, 2.75) is 32.6 Å². The quantitative estimate of drug-likeness (QED) is 0.608. The Labute approximate surface area is 101 Å². The predicted octanol–water partition coefficient (Wildman–Crippen LogP) is 1.73. The minimum atomic E-state index is 0.867.